The first kappa shape index (κ1) is 10.3. The lowest BCUT2D eigenvalue weighted by Crippen LogP contribution is -2.27. The van der Waals surface area contributed by atoms with E-state index in [4.69, 9.17) is 5.73 Å². The van der Waals surface area contributed by atoms with Crippen LogP contribution in [0.1, 0.15) is 30.4 Å². The molecule has 1 heteroatoms. The Morgan fingerprint density at radius 2 is 2.06 bits per heavy atom. The second kappa shape index (κ2) is 3.89. The van der Waals surface area contributed by atoms with Gasteiger partial charge in [0.05, 0.1) is 0 Å². The Balaban J connectivity index is 1.63. The average molecular weight is 215 g/mol. The van der Waals surface area contributed by atoms with E-state index in [0.29, 0.717) is 6.04 Å². The number of benzene rings is 1. The molecule has 0 radical (unpaired) electrons. The summed E-state index contributed by atoms with van der Waals surface area (Å²) in [5, 5.41) is 0. The van der Waals surface area contributed by atoms with E-state index in [1.807, 2.05) is 0 Å². The summed E-state index contributed by atoms with van der Waals surface area (Å²) in [4.78, 5) is 0. The molecule has 0 bridgehead atoms. The van der Waals surface area contributed by atoms with E-state index in [2.05, 4.69) is 31.2 Å². The van der Waals surface area contributed by atoms with Crippen molar-refractivity contribution in [2.45, 2.75) is 38.6 Å². The number of rotatable bonds is 3. The van der Waals surface area contributed by atoms with Gasteiger partial charge in [-0.05, 0) is 49.5 Å². The van der Waals surface area contributed by atoms with Crippen LogP contribution < -0.4 is 5.73 Å². The van der Waals surface area contributed by atoms with E-state index in [0.717, 1.165) is 24.2 Å². The molecule has 0 aromatic heterocycles. The molecular weight excluding hydrogens is 194 g/mol. The summed E-state index contributed by atoms with van der Waals surface area (Å²) >= 11 is 0. The predicted octanol–water partition coefficient (Wildman–Crippen LogP) is 2.91. The van der Waals surface area contributed by atoms with Crippen molar-refractivity contribution in [3.05, 3.63) is 35.4 Å². The van der Waals surface area contributed by atoms with E-state index in [9.17, 15) is 0 Å². The van der Waals surface area contributed by atoms with Gasteiger partial charge in [0, 0.05) is 6.04 Å². The fraction of sp³-hybridized carbons (Fsp3) is 0.600. The monoisotopic (exact) mass is 215 g/mol. The Morgan fingerprint density at radius 1 is 1.31 bits per heavy atom. The van der Waals surface area contributed by atoms with Crippen LogP contribution in [0.3, 0.4) is 0 Å². The third kappa shape index (κ3) is 1.78. The van der Waals surface area contributed by atoms with Crippen molar-refractivity contribution in [1.29, 1.82) is 0 Å². The quantitative estimate of drug-likeness (QED) is 0.824. The van der Waals surface area contributed by atoms with Gasteiger partial charge in [0.15, 0.2) is 0 Å². The fourth-order valence-corrected chi connectivity index (χ4v) is 3.76. The van der Waals surface area contributed by atoms with Gasteiger partial charge in [-0.2, -0.15) is 0 Å². The summed E-state index contributed by atoms with van der Waals surface area (Å²) in [6.45, 7) is 2.15. The minimum Gasteiger partial charge on any atom is -0.327 e. The number of nitrogens with two attached hydrogens (primary N) is 1. The number of aryl methyl sites for hydroxylation is 1. The minimum absolute atomic E-state index is 0.400. The lowest BCUT2D eigenvalue weighted by atomic mass is 9.97. The predicted molar refractivity (Wildman–Crippen MR) is 67.2 cm³/mol. The molecule has 2 aliphatic carbocycles. The van der Waals surface area contributed by atoms with Crippen molar-refractivity contribution in [2.75, 3.05) is 0 Å². The zero-order valence-corrected chi connectivity index (χ0v) is 10.0. The molecule has 3 atom stereocenters. The highest BCUT2D eigenvalue weighted by Gasteiger charge is 2.54. The molecule has 0 saturated heterocycles. The zero-order chi connectivity index (χ0) is 11.1. The van der Waals surface area contributed by atoms with Gasteiger partial charge in [-0.1, -0.05) is 36.2 Å². The van der Waals surface area contributed by atoms with Crippen LogP contribution in [0.2, 0.25) is 0 Å². The van der Waals surface area contributed by atoms with Crippen LogP contribution in [0, 0.1) is 24.7 Å². The van der Waals surface area contributed by atoms with Crippen molar-refractivity contribution in [2.24, 2.45) is 23.5 Å². The standard InChI is InChI=1S/C15H21N/c1-10-4-2-5-11(8-10)9-14(16)15-12-6-3-7-13(12)15/h2,4-5,8,12-15H,3,6-7,9,16H2,1H3. The van der Waals surface area contributed by atoms with Crippen molar-refractivity contribution in [3.8, 4) is 0 Å². The average Bonchev–Trinajstić information content (AvgIpc) is 2.73. The number of hydrogen-bond donors (Lipinski definition) is 1. The Kier molecular flexibility index (Phi) is 2.51. The highest BCUT2D eigenvalue weighted by Crippen LogP contribution is 2.58. The van der Waals surface area contributed by atoms with Gasteiger partial charge < -0.3 is 5.73 Å². The molecule has 86 valence electrons. The van der Waals surface area contributed by atoms with Crippen LogP contribution in [-0.2, 0) is 6.42 Å². The Morgan fingerprint density at radius 3 is 2.75 bits per heavy atom. The molecule has 0 amide bonds. The van der Waals surface area contributed by atoms with E-state index < -0.39 is 0 Å². The third-order valence-electron chi connectivity index (χ3n) is 4.52. The molecule has 3 unspecified atom stereocenters. The Bertz CT molecular complexity index is 375. The van der Waals surface area contributed by atoms with Crippen molar-refractivity contribution < 1.29 is 0 Å². The lowest BCUT2D eigenvalue weighted by molar-refractivity contribution is 0.484. The maximum atomic E-state index is 6.35. The summed E-state index contributed by atoms with van der Waals surface area (Å²) in [6, 6.07) is 9.19. The van der Waals surface area contributed by atoms with Crippen LogP contribution in [-0.4, -0.2) is 6.04 Å². The maximum Gasteiger partial charge on any atom is 0.0113 e. The van der Waals surface area contributed by atoms with Crippen LogP contribution >= 0.6 is 0 Å². The first-order chi connectivity index (χ1) is 7.75. The first-order valence-electron chi connectivity index (χ1n) is 6.57. The molecule has 1 nitrogen and oxygen atoms in total. The highest BCUT2D eigenvalue weighted by atomic mass is 14.7. The molecule has 1 aromatic carbocycles. The molecule has 2 aliphatic rings. The Hall–Kier alpha value is -0.820. The van der Waals surface area contributed by atoms with E-state index >= 15 is 0 Å². The number of fused-ring (bicyclic) bond motifs is 1. The molecule has 16 heavy (non-hydrogen) atoms. The topological polar surface area (TPSA) is 26.0 Å². The molecule has 2 saturated carbocycles. The second-order valence-corrected chi connectivity index (χ2v) is 5.69. The smallest absolute Gasteiger partial charge is 0.0113 e. The van der Waals surface area contributed by atoms with Gasteiger partial charge in [-0.15, -0.1) is 0 Å². The maximum absolute atomic E-state index is 6.35. The van der Waals surface area contributed by atoms with Crippen LogP contribution in [0.5, 0.6) is 0 Å². The summed E-state index contributed by atoms with van der Waals surface area (Å²) in [6.07, 6.45) is 5.40. The molecule has 0 spiro atoms. The molecular formula is C15H21N. The fourth-order valence-electron chi connectivity index (χ4n) is 3.76. The van der Waals surface area contributed by atoms with Gasteiger partial charge in [0.25, 0.3) is 0 Å². The Labute approximate surface area is 98.0 Å². The van der Waals surface area contributed by atoms with E-state index in [1.54, 1.807) is 0 Å². The second-order valence-electron chi connectivity index (χ2n) is 5.69. The van der Waals surface area contributed by atoms with E-state index in [-0.39, 0.29) is 0 Å². The van der Waals surface area contributed by atoms with Crippen molar-refractivity contribution >= 4 is 0 Å². The highest BCUT2D eigenvalue weighted by molar-refractivity contribution is 5.23. The van der Waals surface area contributed by atoms with Gasteiger partial charge in [-0.25, -0.2) is 0 Å². The van der Waals surface area contributed by atoms with Gasteiger partial charge >= 0.3 is 0 Å². The molecule has 1 aromatic rings. The van der Waals surface area contributed by atoms with Crippen LogP contribution in [0.25, 0.3) is 0 Å². The van der Waals surface area contributed by atoms with Crippen LogP contribution in [0.4, 0.5) is 0 Å². The minimum atomic E-state index is 0.400. The van der Waals surface area contributed by atoms with Crippen molar-refractivity contribution in [1.82, 2.24) is 0 Å². The molecule has 2 N–H and O–H groups in total. The summed E-state index contributed by atoms with van der Waals surface area (Å²) < 4.78 is 0. The van der Waals surface area contributed by atoms with Gasteiger partial charge in [-0.3, -0.25) is 0 Å². The molecule has 2 fully saturated rings. The van der Waals surface area contributed by atoms with Crippen molar-refractivity contribution in [3.63, 3.8) is 0 Å². The first-order valence-corrected chi connectivity index (χ1v) is 6.57. The molecule has 0 aliphatic heterocycles. The zero-order valence-electron chi connectivity index (χ0n) is 10.0. The van der Waals surface area contributed by atoms with Gasteiger partial charge in [0.2, 0.25) is 0 Å². The summed E-state index contributed by atoms with van der Waals surface area (Å²) in [7, 11) is 0. The van der Waals surface area contributed by atoms with E-state index in [1.165, 1.54) is 30.4 Å². The normalized spacial score (nSPS) is 33.5. The summed E-state index contributed by atoms with van der Waals surface area (Å²) in [5.74, 6) is 2.81. The third-order valence-corrected chi connectivity index (χ3v) is 4.52. The summed E-state index contributed by atoms with van der Waals surface area (Å²) in [5.41, 5.74) is 9.11. The molecule has 3 rings (SSSR count). The van der Waals surface area contributed by atoms with Crippen LogP contribution in [0.15, 0.2) is 24.3 Å². The van der Waals surface area contributed by atoms with Gasteiger partial charge in [0.1, 0.15) is 0 Å². The lowest BCUT2D eigenvalue weighted by Gasteiger charge is -2.14. The largest absolute Gasteiger partial charge is 0.327 e. The molecule has 0 heterocycles. The number of hydrogen-bond acceptors (Lipinski definition) is 1. The SMILES string of the molecule is Cc1cccc(CC(N)C2C3CCCC32)c1.